The van der Waals surface area contributed by atoms with Gasteiger partial charge in [-0.2, -0.15) is 0 Å². The van der Waals surface area contributed by atoms with E-state index in [1.807, 2.05) is 0 Å². The van der Waals surface area contributed by atoms with Gasteiger partial charge in [-0.05, 0) is 0 Å². The second kappa shape index (κ2) is 234000. The summed E-state index contributed by atoms with van der Waals surface area (Å²) in [6.45, 7) is 12.0. The molecular formula is C4H11Al. The number of hydrogen-bond acceptors (Lipinski definition) is 0. The van der Waals surface area contributed by atoms with E-state index >= 15 is 0 Å². The van der Waals surface area contributed by atoms with E-state index in [-0.39, 0.29) is 21.6 Å². The Kier molecular flexibility index (Phi) is 934000. The van der Waals surface area contributed by atoms with Gasteiger partial charge in [0.05, 0.1) is 0 Å². The second-order valence-corrected chi connectivity index (χ2v) is 0. The molecule has 0 atom stereocenters. The maximum Gasteiger partial charge on any atom is 3.00 e. The largest absolute Gasteiger partial charge is 3.00 e. The number of hydrogen-bond donors (Lipinski definition) is 0. The minimum absolute atomic E-state index is 0. The van der Waals surface area contributed by atoms with Gasteiger partial charge in [-0.15, -0.1) is 26.3 Å². The third-order valence-electron chi connectivity index (χ3n) is 0. The van der Waals surface area contributed by atoms with Crippen LogP contribution in [-0.4, -0.2) is 17.4 Å². The van der Waals surface area contributed by atoms with Crippen molar-refractivity contribution in [3.05, 3.63) is 26.3 Å². The first kappa shape index (κ1) is 19.9. The van der Waals surface area contributed by atoms with Crippen LogP contribution in [0.4, 0.5) is 0 Å². The molecule has 0 radical (unpaired) electrons. The number of rotatable bonds is 0. The van der Waals surface area contributed by atoms with Crippen molar-refractivity contribution in [3.63, 3.8) is 0 Å². The van der Waals surface area contributed by atoms with Crippen LogP contribution in [0, 0.1) is 0 Å². The maximum atomic E-state index is 3.00. The van der Waals surface area contributed by atoms with E-state index in [2.05, 4.69) is 26.3 Å². The molecule has 0 aromatic heterocycles. The van der Waals surface area contributed by atoms with E-state index in [0.29, 0.717) is 0 Å². The van der Waals surface area contributed by atoms with E-state index in [0.717, 1.165) is 0 Å². The van der Waals surface area contributed by atoms with E-state index < -0.39 is 0 Å². The summed E-state index contributed by atoms with van der Waals surface area (Å²) in [6, 6.07) is 0. The van der Waals surface area contributed by atoms with Crippen molar-refractivity contribution in [2.45, 2.75) is 0 Å². The van der Waals surface area contributed by atoms with Gasteiger partial charge in [0.25, 0.3) is 0 Å². The topological polar surface area (TPSA) is 0 Å². The first-order chi connectivity index (χ1) is 2.00. The summed E-state index contributed by atoms with van der Waals surface area (Å²) in [5.41, 5.74) is 0. The zero-order valence-corrected chi connectivity index (χ0v) is 4.56. The van der Waals surface area contributed by atoms with Gasteiger partial charge in [0.2, 0.25) is 0 Å². The molecule has 0 unspecified atom stereocenters. The molecule has 0 fully saturated rings. The van der Waals surface area contributed by atoms with Crippen molar-refractivity contribution in [3.8, 4) is 0 Å². The van der Waals surface area contributed by atoms with Crippen molar-refractivity contribution in [2.75, 3.05) is 0 Å². The van der Waals surface area contributed by atoms with Crippen molar-refractivity contribution in [1.82, 2.24) is 0 Å². The first-order valence-electron chi connectivity index (χ1n) is 1.000. The molecule has 0 aromatic carbocycles. The molecule has 0 aromatic rings. The molecule has 30 valence electrons. The van der Waals surface area contributed by atoms with Crippen LogP contribution in [0.5, 0.6) is 0 Å². The molecule has 5 heavy (non-hydrogen) atoms. The van der Waals surface area contributed by atoms with Crippen LogP contribution in [0.15, 0.2) is 26.3 Å². The van der Waals surface area contributed by atoms with Gasteiger partial charge in [-0.3, -0.25) is 0 Å². The molecule has 0 spiro atoms. The Morgan fingerprint density at radius 3 is 0.800 bits per heavy atom. The van der Waals surface area contributed by atoms with Crippen LogP contribution >= 0.6 is 0 Å². The van der Waals surface area contributed by atoms with Crippen LogP contribution in [0.2, 0.25) is 0 Å². The zero-order chi connectivity index (χ0) is 4.00. The monoisotopic (exact) mass is 86.1 g/mol. The molecule has 0 bridgehead atoms. The fourth-order valence-electron chi connectivity index (χ4n) is 0. The Labute approximate surface area is 48.8 Å². The van der Waals surface area contributed by atoms with Crippen LogP contribution in [0.1, 0.15) is 4.28 Å². The molecule has 0 saturated carbocycles. The summed E-state index contributed by atoms with van der Waals surface area (Å²) < 4.78 is 0. The first-order valence-corrected chi connectivity index (χ1v) is 1.000. The molecule has 0 nitrogen and oxygen atoms in total. The van der Waals surface area contributed by atoms with Gasteiger partial charge < -0.3 is 4.28 Å². The van der Waals surface area contributed by atoms with Gasteiger partial charge in [0.1, 0.15) is 0 Å². The Balaban J connectivity index is -0.00000000167. The van der Waals surface area contributed by atoms with Crippen molar-refractivity contribution >= 4 is 17.4 Å². The van der Waals surface area contributed by atoms with Crippen molar-refractivity contribution in [2.24, 2.45) is 0 Å². The van der Waals surface area contributed by atoms with Crippen LogP contribution in [0.25, 0.3) is 0 Å². The summed E-state index contributed by atoms with van der Waals surface area (Å²) in [4.78, 5) is 0. The third-order valence-corrected chi connectivity index (χ3v) is 0. The van der Waals surface area contributed by atoms with Gasteiger partial charge in [-0.1, -0.05) is 0 Å². The predicted molar refractivity (Wildman–Crippen MR) is 31.6 cm³/mol. The molecule has 0 heterocycles. The molecule has 0 aliphatic carbocycles. The predicted octanol–water partition coefficient (Wildman–Crippen LogP) is 1.56. The standard InChI is InChI=1S/2C2H4.Al.3H/c2*1-2;;;;/h2*1-2H2;;;;/q;;+3;3*-1. The van der Waals surface area contributed by atoms with Crippen molar-refractivity contribution in [1.29, 1.82) is 0 Å². The minimum atomic E-state index is 0. The smallest absolute Gasteiger partial charge is 1.00 e. The molecule has 0 saturated heterocycles. The molecule has 0 rings (SSSR count). The molecule has 0 amide bonds. The van der Waals surface area contributed by atoms with Crippen molar-refractivity contribution < 1.29 is 4.28 Å². The summed E-state index contributed by atoms with van der Waals surface area (Å²) in [5, 5.41) is 0. The fourth-order valence-corrected chi connectivity index (χ4v) is 0. The zero-order valence-electron chi connectivity index (χ0n) is 6.41. The molecular weight excluding hydrogens is 75.0 g/mol. The van der Waals surface area contributed by atoms with Gasteiger partial charge in [0.15, 0.2) is 0 Å². The fraction of sp³-hybridized carbons (Fsp3) is 0. The summed E-state index contributed by atoms with van der Waals surface area (Å²) >= 11 is 0. The van der Waals surface area contributed by atoms with Gasteiger partial charge >= 0.3 is 17.4 Å². The average molecular weight is 86.1 g/mol. The maximum absolute atomic E-state index is 3.00. The van der Waals surface area contributed by atoms with E-state index in [1.54, 1.807) is 0 Å². The Bertz CT molecular complexity index is 13.2. The van der Waals surface area contributed by atoms with E-state index in [1.165, 1.54) is 0 Å². The summed E-state index contributed by atoms with van der Waals surface area (Å²) in [7, 11) is 0. The summed E-state index contributed by atoms with van der Waals surface area (Å²) in [5.74, 6) is 0. The Morgan fingerprint density at radius 2 is 0.800 bits per heavy atom. The molecule has 1 heteroatoms. The van der Waals surface area contributed by atoms with Gasteiger partial charge in [-0.25, -0.2) is 0 Å². The molecule has 0 aliphatic rings. The summed E-state index contributed by atoms with van der Waals surface area (Å²) in [6.07, 6.45) is 0. The van der Waals surface area contributed by atoms with Crippen LogP contribution in [-0.2, 0) is 0 Å². The van der Waals surface area contributed by atoms with Crippen LogP contribution < -0.4 is 0 Å². The molecule has 0 aliphatic heterocycles. The quantitative estimate of drug-likeness (QED) is 0.310. The SMILES string of the molecule is C=C.C=C.[Al+3].[H-].[H-].[H-]. The minimum Gasteiger partial charge on any atom is -1.00 e. The third kappa shape index (κ3) is 105000. The average Bonchev–Trinajstić information content (AvgIpc) is 1.50. The Morgan fingerprint density at radius 1 is 0.800 bits per heavy atom. The van der Waals surface area contributed by atoms with Gasteiger partial charge in [0, 0.05) is 0 Å². The normalized spacial score (nSPS) is 1.60. The second-order valence-electron chi connectivity index (χ2n) is 0. The molecule has 0 N–H and O–H groups in total. The Hall–Kier alpha value is 0.0125. The van der Waals surface area contributed by atoms with E-state index in [4.69, 9.17) is 0 Å². The van der Waals surface area contributed by atoms with E-state index in [9.17, 15) is 0 Å². The van der Waals surface area contributed by atoms with Crippen LogP contribution in [0.3, 0.4) is 0 Å².